The van der Waals surface area contributed by atoms with E-state index in [2.05, 4.69) is 74.4 Å². The van der Waals surface area contributed by atoms with Gasteiger partial charge >= 0.3 is 5.97 Å². The van der Waals surface area contributed by atoms with Crippen LogP contribution in [0.2, 0.25) is 0 Å². The second-order valence-electron chi connectivity index (χ2n) is 11.4. The van der Waals surface area contributed by atoms with Crippen LogP contribution < -0.4 is 0 Å². The first-order chi connectivity index (χ1) is 11.6. The van der Waals surface area contributed by atoms with E-state index in [-0.39, 0.29) is 22.2 Å². The summed E-state index contributed by atoms with van der Waals surface area (Å²) in [6.07, 6.45) is 3.02. The number of benzene rings is 1. The summed E-state index contributed by atoms with van der Waals surface area (Å²) in [7, 11) is 0. The van der Waals surface area contributed by atoms with Gasteiger partial charge in [-0.05, 0) is 57.8 Å². The molecule has 0 heterocycles. The maximum Gasteiger partial charge on any atom is 0.302 e. The Morgan fingerprint density at radius 1 is 0.769 bits per heavy atom. The molecule has 0 aliphatic heterocycles. The summed E-state index contributed by atoms with van der Waals surface area (Å²) in [4.78, 5) is 11.4. The molecule has 1 aromatic rings. The molecule has 0 amide bonds. The first-order valence-electron chi connectivity index (χ1n) is 9.83. The number of carbonyl (C=O) groups excluding carboxylic acids is 1. The summed E-state index contributed by atoms with van der Waals surface area (Å²) in [5.41, 5.74) is 5.88. The van der Waals surface area contributed by atoms with Crippen molar-refractivity contribution in [2.75, 3.05) is 0 Å². The van der Waals surface area contributed by atoms with Crippen molar-refractivity contribution < 1.29 is 9.53 Å². The normalized spacial score (nSPS) is 13.0. The number of carbonyl (C=O) groups is 1. The summed E-state index contributed by atoms with van der Waals surface area (Å²) in [5.74, 6) is -0.216. The van der Waals surface area contributed by atoms with E-state index in [0.717, 1.165) is 19.3 Å². The van der Waals surface area contributed by atoms with Crippen LogP contribution in [0.4, 0.5) is 0 Å². The van der Waals surface area contributed by atoms with Crippen molar-refractivity contribution in [1.82, 2.24) is 0 Å². The highest BCUT2D eigenvalue weighted by molar-refractivity contribution is 5.66. The van der Waals surface area contributed by atoms with Crippen LogP contribution in [0.25, 0.3) is 0 Å². The van der Waals surface area contributed by atoms with Crippen molar-refractivity contribution in [2.24, 2.45) is 16.2 Å². The molecule has 2 nitrogen and oxygen atoms in total. The predicted molar refractivity (Wildman–Crippen MR) is 111 cm³/mol. The molecule has 1 aromatic carbocycles. The average Bonchev–Trinajstić information content (AvgIpc) is 2.30. The molecule has 0 aliphatic carbocycles. The van der Waals surface area contributed by atoms with Crippen LogP contribution in [-0.4, -0.2) is 5.97 Å². The van der Waals surface area contributed by atoms with E-state index in [0.29, 0.717) is 6.61 Å². The van der Waals surface area contributed by atoms with E-state index in [1.54, 1.807) is 0 Å². The Kier molecular flexibility index (Phi) is 7.12. The van der Waals surface area contributed by atoms with Crippen molar-refractivity contribution in [3.05, 3.63) is 34.4 Å². The molecule has 0 saturated heterocycles. The van der Waals surface area contributed by atoms with Crippen molar-refractivity contribution in [3.8, 4) is 0 Å². The summed E-state index contributed by atoms with van der Waals surface area (Å²) < 4.78 is 5.44. The van der Waals surface area contributed by atoms with Crippen molar-refractivity contribution in [3.63, 3.8) is 0 Å². The van der Waals surface area contributed by atoms with Gasteiger partial charge in [0.2, 0.25) is 0 Å². The monoisotopic (exact) mass is 360 g/mol. The molecule has 0 bridgehead atoms. The predicted octanol–water partition coefficient (Wildman–Crippen LogP) is 6.52. The lowest BCUT2D eigenvalue weighted by Gasteiger charge is -2.27. The number of hydrogen-bond donors (Lipinski definition) is 0. The summed E-state index contributed by atoms with van der Waals surface area (Å²) in [5, 5.41) is 0. The van der Waals surface area contributed by atoms with E-state index >= 15 is 0 Å². The number of hydrogen-bond acceptors (Lipinski definition) is 2. The zero-order valence-corrected chi connectivity index (χ0v) is 18.8. The third-order valence-corrected chi connectivity index (χ3v) is 4.09. The quantitative estimate of drug-likeness (QED) is 0.559. The van der Waals surface area contributed by atoms with E-state index in [1.165, 1.54) is 29.2 Å². The van der Waals surface area contributed by atoms with Gasteiger partial charge in [-0.1, -0.05) is 74.4 Å². The maximum atomic E-state index is 11.4. The highest BCUT2D eigenvalue weighted by Gasteiger charge is 2.22. The molecule has 1 rings (SSSR count). The minimum absolute atomic E-state index is 0.185. The Morgan fingerprint density at radius 2 is 1.15 bits per heavy atom. The van der Waals surface area contributed by atoms with E-state index in [4.69, 9.17) is 4.74 Å². The zero-order valence-electron chi connectivity index (χ0n) is 18.8. The van der Waals surface area contributed by atoms with Gasteiger partial charge in [0.1, 0.15) is 6.61 Å². The fraction of sp³-hybridized carbons (Fsp3) is 0.708. The molecule has 0 atom stereocenters. The van der Waals surface area contributed by atoms with Gasteiger partial charge in [-0.25, -0.2) is 0 Å². The summed E-state index contributed by atoms with van der Waals surface area (Å²) in [6, 6.07) is 4.70. The van der Waals surface area contributed by atoms with Gasteiger partial charge in [0.05, 0.1) is 0 Å². The Labute approximate surface area is 161 Å². The molecule has 148 valence electrons. The van der Waals surface area contributed by atoms with Crippen molar-refractivity contribution >= 4 is 5.97 Å². The van der Waals surface area contributed by atoms with Gasteiger partial charge < -0.3 is 4.74 Å². The van der Waals surface area contributed by atoms with Crippen LogP contribution in [0.15, 0.2) is 12.1 Å². The number of ether oxygens (including phenoxy) is 1. The van der Waals surface area contributed by atoms with Gasteiger partial charge in [-0.3, -0.25) is 4.79 Å². The van der Waals surface area contributed by atoms with Gasteiger partial charge in [-0.2, -0.15) is 0 Å². The van der Waals surface area contributed by atoms with Gasteiger partial charge in [0.25, 0.3) is 0 Å². The van der Waals surface area contributed by atoms with E-state index in [1.807, 2.05) is 0 Å². The second-order valence-corrected chi connectivity index (χ2v) is 11.4. The van der Waals surface area contributed by atoms with Crippen LogP contribution in [0, 0.1) is 16.2 Å². The number of esters is 1. The minimum Gasteiger partial charge on any atom is -0.461 e. The van der Waals surface area contributed by atoms with Gasteiger partial charge in [0, 0.05) is 6.92 Å². The topological polar surface area (TPSA) is 26.3 Å². The number of rotatable bonds is 5. The maximum absolute atomic E-state index is 11.4. The lowest BCUT2D eigenvalue weighted by Crippen LogP contribution is -2.18. The molecule has 0 aliphatic rings. The SMILES string of the molecule is CC(=O)OCc1c(CC(C)(C)C)cc(CC(C)(C)C)cc1CC(C)(C)C. The molecular weight excluding hydrogens is 320 g/mol. The second kappa shape index (κ2) is 8.15. The first kappa shape index (κ1) is 22.7. The Hall–Kier alpha value is -1.31. The van der Waals surface area contributed by atoms with Crippen LogP contribution in [0.1, 0.15) is 91.5 Å². The highest BCUT2D eigenvalue weighted by atomic mass is 16.5. The highest BCUT2D eigenvalue weighted by Crippen LogP contribution is 2.32. The summed E-state index contributed by atoms with van der Waals surface area (Å²) >= 11 is 0. The minimum atomic E-state index is -0.216. The Morgan fingerprint density at radius 3 is 1.46 bits per heavy atom. The molecule has 0 N–H and O–H groups in total. The smallest absolute Gasteiger partial charge is 0.302 e. The third kappa shape index (κ3) is 8.87. The largest absolute Gasteiger partial charge is 0.461 e. The first-order valence-corrected chi connectivity index (χ1v) is 9.83. The van der Waals surface area contributed by atoms with Gasteiger partial charge in [-0.15, -0.1) is 0 Å². The molecule has 0 aromatic heterocycles. The standard InChI is InChI=1S/C24H40O2/c1-17(25)26-16-21-19(14-23(5,6)7)11-18(13-22(2,3)4)12-20(21)15-24(8,9)10/h11-12H,13-16H2,1-10H3. The van der Waals surface area contributed by atoms with E-state index in [9.17, 15) is 4.79 Å². The van der Waals surface area contributed by atoms with Crippen LogP contribution in [0.5, 0.6) is 0 Å². The van der Waals surface area contributed by atoms with Crippen LogP contribution >= 0.6 is 0 Å². The Bertz CT molecular complexity index is 582. The van der Waals surface area contributed by atoms with Crippen LogP contribution in [-0.2, 0) is 35.4 Å². The molecule has 26 heavy (non-hydrogen) atoms. The Balaban J connectivity index is 3.49. The van der Waals surface area contributed by atoms with Crippen molar-refractivity contribution in [1.29, 1.82) is 0 Å². The van der Waals surface area contributed by atoms with Gasteiger partial charge in [0.15, 0.2) is 0 Å². The lowest BCUT2D eigenvalue weighted by atomic mass is 9.78. The molecule has 0 fully saturated rings. The molecule has 0 unspecified atom stereocenters. The third-order valence-electron chi connectivity index (χ3n) is 4.09. The molecular formula is C24H40O2. The fourth-order valence-electron chi connectivity index (χ4n) is 3.40. The molecule has 0 radical (unpaired) electrons. The van der Waals surface area contributed by atoms with Crippen molar-refractivity contribution in [2.45, 2.75) is 95.1 Å². The van der Waals surface area contributed by atoms with E-state index < -0.39 is 0 Å². The average molecular weight is 361 g/mol. The zero-order chi connectivity index (χ0) is 20.3. The molecule has 0 saturated carbocycles. The van der Waals surface area contributed by atoms with Crippen LogP contribution in [0.3, 0.4) is 0 Å². The summed E-state index contributed by atoms with van der Waals surface area (Å²) in [6.45, 7) is 22.3. The molecule has 0 spiro atoms. The lowest BCUT2D eigenvalue weighted by molar-refractivity contribution is -0.142. The molecule has 2 heteroatoms. The fourth-order valence-corrected chi connectivity index (χ4v) is 3.40.